The van der Waals surface area contributed by atoms with Gasteiger partial charge < -0.3 is 15.3 Å². The third-order valence-electron chi connectivity index (χ3n) is 4.06. The maximum atomic E-state index is 10.1. The first-order chi connectivity index (χ1) is 7.94. The quantitative estimate of drug-likeness (QED) is 0.746. The van der Waals surface area contributed by atoms with E-state index in [1.807, 2.05) is 6.92 Å². The van der Waals surface area contributed by atoms with Crippen molar-refractivity contribution in [2.24, 2.45) is 5.92 Å². The highest BCUT2D eigenvalue weighted by molar-refractivity contribution is 4.82. The molecule has 0 amide bonds. The van der Waals surface area contributed by atoms with E-state index in [4.69, 9.17) is 0 Å². The summed E-state index contributed by atoms with van der Waals surface area (Å²) in [6, 6.07) is 0.520. The molecule has 0 radical (unpaired) electrons. The molecule has 2 N–H and O–H groups in total. The molecule has 0 saturated carbocycles. The fourth-order valence-corrected chi connectivity index (χ4v) is 2.70. The number of rotatable bonds is 6. The Bertz CT molecular complexity index is 210. The third-order valence-corrected chi connectivity index (χ3v) is 4.06. The summed E-state index contributed by atoms with van der Waals surface area (Å²) in [5.41, 5.74) is -0.547. The van der Waals surface area contributed by atoms with Crippen molar-refractivity contribution in [1.82, 2.24) is 10.2 Å². The van der Waals surface area contributed by atoms with Crippen LogP contribution in [0.3, 0.4) is 0 Å². The molecule has 0 spiro atoms. The van der Waals surface area contributed by atoms with Crippen LogP contribution in [0, 0.1) is 5.92 Å². The largest absolute Gasteiger partial charge is 0.389 e. The Labute approximate surface area is 107 Å². The average molecular weight is 242 g/mol. The van der Waals surface area contributed by atoms with Crippen LogP contribution in [0.1, 0.15) is 46.5 Å². The molecular formula is C14H30N2O. The molecule has 3 heteroatoms. The third kappa shape index (κ3) is 5.36. The van der Waals surface area contributed by atoms with Crippen LogP contribution in [0.4, 0.5) is 0 Å². The van der Waals surface area contributed by atoms with E-state index in [-0.39, 0.29) is 0 Å². The minimum atomic E-state index is -0.547. The van der Waals surface area contributed by atoms with Gasteiger partial charge in [-0.05, 0) is 59.2 Å². The van der Waals surface area contributed by atoms with Crippen molar-refractivity contribution in [3.8, 4) is 0 Å². The van der Waals surface area contributed by atoms with Crippen molar-refractivity contribution in [2.75, 3.05) is 26.7 Å². The van der Waals surface area contributed by atoms with Gasteiger partial charge in [-0.2, -0.15) is 0 Å². The molecule has 1 fully saturated rings. The fourth-order valence-electron chi connectivity index (χ4n) is 2.70. The Kier molecular flexibility index (Phi) is 5.90. The Morgan fingerprint density at radius 3 is 2.53 bits per heavy atom. The van der Waals surface area contributed by atoms with Gasteiger partial charge >= 0.3 is 0 Å². The molecule has 3 nitrogen and oxygen atoms in total. The molecule has 1 aliphatic heterocycles. The Morgan fingerprint density at radius 2 is 2.00 bits per heavy atom. The summed E-state index contributed by atoms with van der Waals surface area (Å²) < 4.78 is 0. The molecule has 17 heavy (non-hydrogen) atoms. The van der Waals surface area contributed by atoms with Gasteiger partial charge in [0, 0.05) is 12.6 Å². The predicted molar refractivity (Wildman–Crippen MR) is 73.2 cm³/mol. The van der Waals surface area contributed by atoms with Crippen LogP contribution in [0.5, 0.6) is 0 Å². The number of nitrogens with zero attached hydrogens (tertiary/aromatic N) is 1. The summed E-state index contributed by atoms with van der Waals surface area (Å²) >= 11 is 0. The maximum absolute atomic E-state index is 10.1. The average Bonchev–Trinajstić information content (AvgIpc) is 2.27. The van der Waals surface area contributed by atoms with Crippen LogP contribution < -0.4 is 5.32 Å². The molecule has 1 heterocycles. The lowest BCUT2D eigenvalue weighted by molar-refractivity contribution is 0.0437. The van der Waals surface area contributed by atoms with Gasteiger partial charge in [0.15, 0.2) is 0 Å². The highest BCUT2D eigenvalue weighted by Crippen LogP contribution is 2.20. The molecule has 0 aromatic carbocycles. The second kappa shape index (κ2) is 6.72. The van der Waals surface area contributed by atoms with Gasteiger partial charge in [-0.15, -0.1) is 0 Å². The van der Waals surface area contributed by atoms with Crippen LogP contribution in [0.2, 0.25) is 0 Å². The summed E-state index contributed by atoms with van der Waals surface area (Å²) in [4.78, 5) is 2.40. The standard InChI is InChI=1S/C14H30N2O/c1-5-8-14(3,17)11-15-12(2)13-6-9-16(4)10-7-13/h12-13,15,17H,5-11H2,1-4H3. The molecule has 1 aliphatic rings. The normalized spacial score (nSPS) is 24.5. The van der Waals surface area contributed by atoms with Crippen LogP contribution in [-0.4, -0.2) is 48.3 Å². The minimum absolute atomic E-state index is 0.520. The van der Waals surface area contributed by atoms with Crippen molar-refractivity contribution in [3.63, 3.8) is 0 Å². The van der Waals surface area contributed by atoms with Crippen molar-refractivity contribution < 1.29 is 5.11 Å². The van der Waals surface area contributed by atoms with Crippen LogP contribution in [-0.2, 0) is 0 Å². The van der Waals surface area contributed by atoms with Gasteiger partial charge in [-0.25, -0.2) is 0 Å². The van der Waals surface area contributed by atoms with Gasteiger partial charge in [-0.3, -0.25) is 0 Å². The fraction of sp³-hybridized carbons (Fsp3) is 1.00. The topological polar surface area (TPSA) is 35.5 Å². The number of hydrogen-bond acceptors (Lipinski definition) is 3. The number of nitrogens with one attached hydrogen (secondary N) is 1. The first-order valence-electron chi connectivity index (χ1n) is 7.09. The minimum Gasteiger partial charge on any atom is -0.389 e. The Hall–Kier alpha value is -0.120. The highest BCUT2D eigenvalue weighted by atomic mass is 16.3. The van der Waals surface area contributed by atoms with E-state index in [0.717, 1.165) is 18.8 Å². The zero-order valence-corrected chi connectivity index (χ0v) is 12.0. The first kappa shape index (κ1) is 14.9. The predicted octanol–water partition coefficient (Wildman–Crippen LogP) is 1.86. The van der Waals surface area contributed by atoms with Gasteiger partial charge in [0.05, 0.1) is 5.60 Å². The lowest BCUT2D eigenvalue weighted by Crippen LogP contribution is -2.46. The lowest BCUT2D eigenvalue weighted by Gasteiger charge is -2.34. The van der Waals surface area contributed by atoms with Gasteiger partial charge in [0.25, 0.3) is 0 Å². The van der Waals surface area contributed by atoms with Crippen molar-refractivity contribution in [1.29, 1.82) is 0 Å². The van der Waals surface area contributed by atoms with Crippen LogP contribution in [0.15, 0.2) is 0 Å². The van der Waals surface area contributed by atoms with E-state index < -0.39 is 5.60 Å². The smallest absolute Gasteiger partial charge is 0.0743 e. The second-order valence-electron chi connectivity index (χ2n) is 6.06. The molecule has 0 aromatic rings. The van der Waals surface area contributed by atoms with E-state index in [1.54, 1.807) is 0 Å². The summed E-state index contributed by atoms with van der Waals surface area (Å²) in [5, 5.41) is 13.7. The maximum Gasteiger partial charge on any atom is 0.0743 e. The molecule has 0 aliphatic carbocycles. The molecule has 2 atom stereocenters. The Morgan fingerprint density at radius 1 is 1.41 bits per heavy atom. The first-order valence-corrected chi connectivity index (χ1v) is 7.09. The number of aliphatic hydroxyl groups is 1. The van der Waals surface area contributed by atoms with Crippen LogP contribution in [0.25, 0.3) is 0 Å². The SMILES string of the molecule is CCCC(C)(O)CNC(C)C1CCN(C)CC1. The van der Waals surface area contributed by atoms with Crippen molar-refractivity contribution in [2.45, 2.75) is 58.1 Å². The van der Waals surface area contributed by atoms with E-state index in [2.05, 4.69) is 31.1 Å². The molecule has 2 unspecified atom stereocenters. The van der Waals surface area contributed by atoms with Crippen molar-refractivity contribution >= 4 is 0 Å². The second-order valence-corrected chi connectivity index (χ2v) is 6.06. The number of hydrogen-bond donors (Lipinski definition) is 2. The van der Waals surface area contributed by atoms with Crippen molar-refractivity contribution in [3.05, 3.63) is 0 Å². The zero-order chi connectivity index (χ0) is 12.9. The monoisotopic (exact) mass is 242 g/mol. The Balaban J connectivity index is 2.27. The zero-order valence-electron chi connectivity index (χ0n) is 12.0. The molecule has 0 aromatic heterocycles. The van der Waals surface area contributed by atoms with E-state index in [0.29, 0.717) is 12.6 Å². The molecular weight excluding hydrogens is 212 g/mol. The summed E-state index contributed by atoms with van der Waals surface area (Å²) in [7, 11) is 2.19. The molecule has 1 rings (SSSR count). The highest BCUT2D eigenvalue weighted by Gasteiger charge is 2.25. The van der Waals surface area contributed by atoms with E-state index in [1.165, 1.54) is 25.9 Å². The lowest BCUT2D eigenvalue weighted by atomic mass is 9.90. The number of piperidine rings is 1. The molecule has 102 valence electrons. The number of likely N-dealkylation sites (tertiary alicyclic amines) is 1. The molecule has 1 saturated heterocycles. The summed E-state index contributed by atoms with van der Waals surface area (Å²) in [6.45, 7) is 9.45. The van der Waals surface area contributed by atoms with Gasteiger partial charge in [-0.1, -0.05) is 13.3 Å². The van der Waals surface area contributed by atoms with Gasteiger partial charge in [0.2, 0.25) is 0 Å². The van der Waals surface area contributed by atoms with E-state index in [9.17, 15) is 5.11 Å². The summed E-state index contributed by atoms with van der Waals surface area (Å²) in [6.07, 6.45) is 4.47. The molecule has 0 bridgehead atoms. The van der Waals surface area contributed by atoms with Crippen LogP contribution >= 0.6 is 0 Å². The van der Waals surface area contributed by atoms with E-state index >= 15 is 0 Å². The summed E-state index contributed by atoms with van der Waals surface area (Å²) in [5.74, 6) is 0.767. The van der Waals surface area contributed by atoms with Gasteiger partial charge in [0.1, 0.15) is 0 Å².